The quantitative estimate of drug-likeness (QED) is 0.631. The highest BCUT2D eigenvalue weighted by atomic mass is 16.5. The van der Waals surface area contributed by atoms with Crippen molar-refractivity contribution in [2.24, 2.45) is 0 Å². The Morgan fingerprint density at radius 3 is 2.41 bits per heavy atom. The molecule has 156 valence electrons. The van der Waals surface area contributed by atoms with E-state index in [1.54, 1.807) is 21.0 Å². The number of amides is 2. The first-order chi connectivity index (χ1) is 13.8. The SMILES string of the molecule is CCCNC(=O)[C@@H](C)NC(=O)COC(=O)[C@@H](C)c1ccc2cc(OC)ccc2c1. The molecule has 2 N–H and O–H groups in total. The van der Waals surface area contributed by atoms with Gasteiger partial charge in [-0.25, -0.2) is 0 Å². The molecule has 0 heterocycles. The van der Waals surface area contributed by atoms with Crippen molar-refractivity contribution in [1.82, 2.24) is 10.6 Å². The zero-order chi connectivity index (χ0) is 21.4. The maximum atomic E-state index is 12.3. The molecule has 0 aliphatic rings. The normalized spacial score (nSPS) is 12.7. The van der Waals surface area contributed by atoms with E-state index in [4.69, 9.17) is 9.47 Å². The second-order valence-corrected chi connectivity index (χ2v) is 6.88. The molecule has 0 bridgehead atoms. The minimum atomic E-state index is -0.692. The Labute approximate surface area is 170 Å². The van der Waals surface area contributed by atoms with Crippen LogP contribution in [0.3, 0.4) is 0 Å². The van der Waals surface area contributed by atoms with Crippen LogP contribution in [0, 0.1) is 0 Å². The Morgan fingerprint density at radius 1 is 1.03 bits per heavy atom. The Bertz CT molecular complexity index is 881. The molecule has 2 aromatic carbocycles. The summed E-state index contributed by atoms with van der Waals surface area (Å²) < 4.78 is 10.3. The average Bonchev–Trinajstić information content (AvgIpc) is 2.74. The van der Waals surface area contributed by atoms with Gasteiger partial charge in [-0.3, -0.25) is 14.4 Å². The van der Waals surface area contributed by atoms with E-state index in [0.29, 0.717) is 6.54 Å². The van der Waals surface area contributed by atoms with Crippen molar-refractivity contribution in [3.05, 3.63) is 42.0 Å². The van der Waals surface area contributed by atoms with Crippen LogP contribution in [0.15, 0.2) is 36.4 Å². The van der Waals surface area contributed by atoms with Gasteiger partial charge in [0.25, 0.3) is 5.91 Å². The zero-order valence-electron chi connectivity index (χ0n) is 17.3. The number of ether oxygens (including phenoxy) is 2. The summed E-state index contributed by atoms with van der Waals surface area (Å²) in [6.45, 7) is 5.36. The first kappa shape index (κ1) is 22.2. The number of carbonyl (C=O) groups excluding carboxylic acids is 3. The van der Waals surface area contributed by atoms with Gasteiger partial charge in [-0.2, -0.15) is 0 Å². The van der Waals surface area contributed by atoms with Crippen molar-refractivity contribution >= 4 is 28.6 Å². The first-order valence-electron chi connectivity index (χ1n) is 9.67. The molecule has 0 spiro atoms. The molecule has 2 rings (SSSR count). The van der Waals surface area contributed by atoms with Crippen LogP contribution in [0.4, 0.5) is 0 Å². The van der Waals surface area contributed by atoms with Crippen molar-refractivity contribution in [2.75, 3.05) is 20.3 Å². The Balaban J connectivity index is 1.90. The molecule has 0 fully saturated rings. The maximum absolute atomic E-state index is 12.3. The number of hydrogen-bond donors (Lipinski definition) is 2. The molecule has 2 aromatic rings. The number of rotatable bonds is 9. The van der Waals surface area contributed by atoms with Crippen LogP contribution >= 0.6 is 0 Å². The third-order valence-electron chi connectivity index (χ3n) is 4.59. The Kier molecular flexibility index (Phi) is 8.00. The summed E-state index contributed by atoms with van der Waals surface area (Å²) in [6, 6.07) is 10.7. The summed E-state index contributed by atoms with van der Waals surface area (Å²) in [6.07, 6.45) is 0.810. The molecule has 2 amide bonds. The van der Waals surface area contributed by atoms with Gasteiger partial charge in [0, 0.05) is 6.54 Å². The van der Waals surface area contributed by atoms with E-state index in [1.165, 1.54) is 0 Å². The van der Waals surface area contributed by atoms with Crippen LogP contribution in [-0.2, 0) is 19.1 Å². The number of hydrogen-bond acceptors (Lipinski definition) is 5. The lowest BCUT2D eigenvalue weighted by Gasteiger charge is -2.15. The van der Waals surface area contributed by atoms with Gasteiger partial charge in [-0.15, -0.1) is 0 Å². The molecule has 7 heteroatoms. The van der Waals surface area contributed by atoms with Crippen LogP contribution < -0.4 is 15.4 Å². The van der Waals surface area contributed by atoms with Crippen molar-refractivity contribution in [1.29, 1.82) is 0 Å². The third-order valence-corrected chi connectivity index (χ3v) is 4.59. The molecule has 0 aliphatic carbocycles. The summed E-state index contributed by atoms with van der Waals surface area (Å²) in [7, 11) is 1.61. The number of methoxy groups -OCH3 is 1. The minimum absolute atomic E-state index is 0.271. The van der Waals surface area contributed by atoms with Crippen molar-refractivity contribution in [2.45, 2.75) is 39.2 Å². The van der Waals surface area contributed by atoms with Crippen LogP contribution in [0.2, 0.25) is 0 Å². The third kappa shape index (κ3) is 6.20. The summed E-state index contributed by atoms with van der Waals surface area (Å²) in [4.78, 5) is 36.1. The van der Waals surface area contributed by atoms with Gasteiger partial charge in [0.1, 0.15) is 11.8 Å². The number of carbonyl (C=O) groups is 3. The lowest BCUT2D eigenvalue weighted by Crippen LogP contribution is -2.46. The van der Waals surface area contributed by atoms with Gasteiger partial charge >= 0.3 is 5.97 Å². The summed E-state index contributed by atoms with van der Waals surface area (Å²) in [5.41, 5.74) is 0.792. The summed E-state index contributed by atoms with van der Waals surface area (Å²) in [5, 5.41) is 7.19. The molecule has 7 nitrogen and oxygen atoms in total. The van der Waals surface area contributed by atoms with E-state index in [9.17, 15) is 14.4 Å². The summed E-state index contributed by atoms with van der Waals surface area (Å²) >= 11 is 0. The highest BCUT2D eigenvalue weighted by Crippen LogP contribution is 2.25. The van der Waals surface area contributed by atoms with Crippen LogP contribution in [0.25, 0.3) is 10.8 Å². The van der Waals surface area contributed by atoms with Gasteiger partial charge in [0.2, 0.25) is 5.91 Å². The fraction of sp³-hybridized carbons (Fsp3) is 0.409. The zero-order valence-corrected chi connectivity index (χ0v) is 17.3. The topological polar surface area (TPSA) is 93.7 Å². The second-order valence-electron chi connectivity index (χ2n) is 6.88. The predicted octanol–water partition coefficient (Wildman–Crippen LogP) is 2.53. The smallest absolute Gasteiger partial charge is 0.313 e. The summed E-state index contributed by atoms with van der Waals surface area (Å²) in [5.74, 6) is -1.06. The fourth-order valence-corrected chi connectivity index (χ4v) is 2.79. The van der Waals surface area contributed by atoms with E-state index in [1.807, 2.05) is 43.3 Å². The number of esters is 1. The minimum Gasteiger partial charge on any atom is -0.497 e. The lowest BCUT2D eigenvalue weighted by atomic mass is 9.98. The molecular formula is C22H28N2O5. The molecular weight excluding hydrogens is 372 g/mol. The Hall–Kier alpha value is -3.09. The Morgan fingerprint density at radius 2 is 1.72 bits per heavy atom. The highest BCUT2D eigenvalue weighted by Gasteiger charge is 2.20. The first-order valence-corrected chi connectivity index (χ1v) is 9.67. The van der Waals surface area contributed by atoms with Crippen LogP contribution in [-0.4, -0.2) is 44.1 Å². The van der Waals surface area contributed by atoms with Crippen molar-refractivity contribution in [3.8, 4) is 5.75 Å². The lowest BCUT2D eigenvalue weighted by molar-refractivity contribution is -0.150. The van der Waals surface area contributed by atoms with Gasteiger partial charge in [0.05, 0.1) is 13.0 Å². The standard InChI is InChI=1S/C22H28N2O5/c1-5-10-23-21(26)15(3)24-20(25)13-29-22(27)14(2)16-6-7-18-12-19(28-4)9-8-17(18)11-16/h6-9,11-12,14-15H,5,10,13H2,1-4H3,(H,23,26)(H,24,25)/t14-,15+/m0/s1. The van der Waals surface area contributed by atoms with E-state index >= 15 is 0 Å². The fourth-order valence-electron chi connectivity index (χ4n) is 2.79. The van der Waals surface area contributed by atoms with E-state index in [2.05, 4.69) is 10.6 Å². The molecule has 2 atom stereocenters. The predicted molar refractivity (Wildman–Crippen MR) is 111 cm³/mol. The largest absolute Gasteiger partial charge is 0.497 e. The molecule has 0 aliphatic heterocycles. The monoisotopic (exact) mass is 400 g/mol. The van der Waals surface area contributed by atoms with Gasteiger partial charge in [-0.05, 0) is 48.7 Å². The maximum Gasteiger partial charge on any atom is 0.313 e. The molecule has 0 saturated heterocycles. The van der Waals surface area contributed by atoms with Gasteiger partial charge in [0.15, 0.2) is 6.61 Å². The van der Waals surface area contributed by atoms with Crippen LogP contribution in [0.5, 0.6) is 5.75 Å². The second kappa shape index (κ2) is 10.5. The number of benzene rings is 2. The molecule has 0 aromatic heterocycles. The molecule has 0 unspecified atom stereocenters. The average molecular weight is 400 g/mol. The van der Waals surface area contributed by atoms with Gasteiger partial charge in [-0.1, -0.05) is 31.2 Å². The number of fused-ring (bicyclic) bond motifs is 1. The van der Waals surface area contributed by atoms with E-state index in [-0.39, 0.29) is 5.91 Å². The highest BCUT2D eigenvalue weighted by molar-refractivity contribution is 5.89. The molecule has 29 heavy (non-hydrogen) atoms. The number of nitrogens with one attached hydrogen (secondary N) is 2. The van der Waals surface area contributed by atoms with Gasteiger partial charge < -0.3 is 20.1 Å². The van der Waals surface area contributed by atoms with E-state index < -0.39 is 30.4 Å². The van der Waals surface area contributed by atoms with Crippen LogP contribution in [0.1, 0.15) is 38.7 Å². The molecule has 0 saturated carbocycles. The van der Waals surface area contributed by atoms with E-state index in [0.717, 1.165) is 28.5 Å². The van der Waals surface area contributed by atoms with Crippen molar-refractivity contribution in [3.63, 3.8) is 0 Å². The van der Waals surface area contributed by atoms with Crippen molar-refractivity contribution < 1.29 is 23.9 Å². The molecule has 0 radical (unpaired) electrons.